The van der Waals surface area contributed by atoms with Crippen molar-refractivity contribution < 1.29 is 0 Å². The molecule has 0 saturated carbocycles. The highest BCUT2D eigenvalue weighted by atomic mass is 15.1. The molecule has 10 aromatic carbocycles. The van der Waals surface area contributed by atoms with E-state index < -0.39 is 0 Å². The molecule has 0 bridgehead atoms. The van der Waals surface area contributed by atoms with Crippen LogP contribution in [0.1, 0.15) is 55.4 Å². The van der Waals surface area contributed by atoms with E-state index in [2.05, 4.69) is 238 Å². The van der Waals surface area contributed by atoms with Crippen molar-refractivity contribution in [1.29, 1.82) is 0 Å². The topological polar surface area (TPSA) is 3.24 Å². The van der Waals surface area contributed by atoms with Gasteiger partial charge in [0.2, 0.25) is 0 Å². The van der Waals surface area contributed by atoms with E-state index in [1.165, 1.54) is 92.6 Å². The van der Waals surface area contributed by atoms with Gasteiger partial charge in [-0.3, -0.25) is 0 Å². The molecule has 0 saturated heterocycles. The number of hydrogen-bond acceptors (Lipinski definition) is 1. The Hall–Kier alpha value is -7.22. The van der Waals surface area contributed by atoms with E-state index in [-0.39, 0.29) is 11.3 Å². The lowest BCUT2D eigenvalue weighted by Gasteiger charge is -2.30. The quantitative estimate of drug-likeness (QED) is 0.152. The molecule has 1 aliphatic rings. The van der Waals surface area contributed by atoms with Gasteiger partial charge in [-0.15, -0.1) is 0 Å². The van der Waals surface area contributed by atoms with Gasteiger partial charge in [-0.2, -0.15) is 0 Å². The first-order valence-electron chi connectivity index (χ1n) is 21.6. The Balaban J connectivity index is 1.27. The van der Waals surface area contributed by atoms with E-state index in [0.717, 1.165) is 17.8 Å². The maximum atomic E-state index is 2.49. The fourth-order valence-corrected chi connectivity index (χ4v) is 10.1. The minimum atomic E-state index is 0.0437. The van der Waals surface area contributed by atoms with E-state index in [1.807, 2.05) is 0 Å². The van der Waals surface area contributed by atoms with Crippen LogP contribution in [0.2, 0.25) is 0 Å². The Morgan fingerprint density at radius 1 is 0.410 bits per heavy atom. The van der Waals surface area contributed by atoms with Crippen molar-refractivity contribution in [2.75, 3.05) is 4.90 Å². The van der Waals surface area contributed by atoms with Gasteiger partial charge in [-0.1, -0.05) is 203 Å². The van der Waals surface area contributed by atoms with Crippen molar-refractivity contribution in [1.82, 2.24) is 0 Å². The number of anilines is 3. The second kappa shape index (κ2) is 14.8. The first-order chi connectivity index (χ1) is 29.9. The molecule has 0 spiro atoms. The molecule has 1 heteroatoms. The predicted molar refractivity (Wildman–Crippen MR) is 261 cm³/mol. The Morgan fingerprint density at radius 3 is 1.61 bits per heavy atom. The number of nitrogens with zero attached hydrogens (tertiary/aromatic N) is 1. The number of benzene rings is 10. The second-order valence-corrected chi connectivity index (χ2v) is 17.6. The molecule has 1 unspecified atom stereocenters. The summed E-state index contributed by atoms with van der Waals surface area (Å²) in [6, 6.07) is 79.1. The smallest absolute Gasteiger partial charge is 0.0546 e. The molecule has 0 heterocycles. The summed E-state index contributed by atoms with van der Waals surface area (Å²) < 4.78 is 0. The van der Waals surface area contributed by atoms with E-state index in [1.54, 1.807) is 0 Å². The van der Waals surface area contributed by atoms with Crippen molar-refractivity contribution >= 4 is 71.3 Å². The fraction of sp³-hybridized carbons (Fsp3) is 0.100. The van der Waals surface area contributed by atoms with Crippen LogP contribution < -0.4 is 15.3 Å². The van der Waals surface area contributed by atoms with Gasteiger partial charge in [-0.05, 0) is 124 Å². The molecule has 1 atom stereocenters. The van der Waals surface area contributed by atoms with Crippen LogP contribution >= 0.6 is 0 Å². The van der Waals surface area contributed by atoms with Crippen LogP contribution in [0.15, 0.2) is 212 Å². The normalized spacial score (nSPS) is 14.2. The maximum Gasteiger partial charge on any atom is 0.0546 e. The molecule has 0 amide bonds. The summed E-state index contributed by atoms with van der Waals surface area (Å²) in [6.45, 7) is 6.86. The summed E-state index contributed by atoms with van der Waals surface area (Å²) in [4.78, 5) is 2.49. The molecule has 61 heavy (non-hydrogen) atoms. The second-order valence-electron chi connectivity index (χ2n) is 17.6. The molecule has 0 radical (unpaired) electrons. The molecule has 11 rings (SSSR count). The van der Waals surface area contributed by atoms with Gasteiger partial charge in [0.15, 0.2) is 0 Å². The largest absolute Gasteiger partial charge is 0.310 e. The van der Waals surface area contributed by atoms with Gasteiger partial charge in [-0.25, -0.2) is 0 Å². The Morgan fingerprint density at radius 2 is 0.934 bits per heavy atom. The summed E-state index contributed by atoms with van der Waals surface area (Å²) >= 11 is 0. The Kier molecular flexibility index (Phi) is 8.94. The molecule has 0 fully saturated rings. The Labute approximate surface area is 358 Å². The summed E-state index contributed by atoms with van der Waals surface area (Å²) in [5.41, 5.74) is 11.5. The maximum absolute atomic E-state index is 2.49. The molecule has 292 valence electrons. The van der Waals surface area contributed by atoms with Crippen molar-refractivity contribution in [2.24, 2.45) is 0 Å². The zero-order valence-corrected chi connectivity index (χ0v) is 34.9. The predicted octanol–water partition coefficient (Wildman–Crippen LogP) is 14.7. The SMILES string of the molecule is CC(C)(C)c1ccc(N(c2ccc3c4c(c5ccccc5c3c2)=C(c2ccccc2)C(c2ccccc2)CC=4c2ccccc2)c2cc3ccccc3c3ccccc23)cc1. The van der Waals surface area contributed by atoms with Crippen LogP contribution in [0, 0.1) is 0 Å². The van der Waals surface area contributed by atoms with Crippen molar-refractivity contribution in [3.8, 4) is 0 Å². The van der Waals surface area contributed by atoms with Crippen molar-refractivity contribution in [2.45, 2.75) is 38.5 Å². The molecule has 0 aliphatic heterocycles. The van der Waals surface area contributed by atoms with Gasteiger partial charge in [0.05, 0.1) is 5.69 Å². The summed E-state index contributed by atoms with van der Waals surface area (Å²) in [6.07, 6.45) is 0.899. The number of hydrogen-bond donors (Lipinski definition) is 0. The molecule has 1 nitrogen and oxygen atoms in total. The van der Waals surface area contributed by atoms with E-state index in [4.69, 9.17) is 0 Å². The standard InChI is InChI=1S/C60H47N/c1-60(2,3)44-31-33-45(34-32-44)61(56-37-43-25-13-14-26-47(43)48-27-15-17-29-50(48)56)46-35-36-52-55(38-46)49-28-16-18-30-51(49)59-57(42-23-11-6-12-24-42)53(40-19-7-4-8-20-40)39-54(58(52)59)41-21-9-5-10-22-41/h4-38,53H,39H2,1-3H3. The monoisotopic (exact) mass is 781 g/mol. The first kappa shape index (κ1) is 36.8. The van der Waals surface area contributed by atoms with Gasteiger partial charge >= 0.3 is 0 Å². The van der Waals surface area contributed by atoms with Crippen LogP contribution in [0.5, 0.6) is 0 Å². The van der Waals surface area contributed by atoms with Gasteiger partial charge < -0.3 is 4.90 Å². The van der Waals surface area contributed by atoms with Crippen LogP contribution in [0.3, 0.4) is 0 Å². The lowest BCUT2D eigenvalue weighted by molar-refractivity contribution is 0.590. The first-order valence-corrected chi connectivity index (χ1v) is 21.6. The zero-order chi connectivity index (χ0) is 41.1. The van der Waals surface area contributed by atoms with Gasteiger partial charge in [0.25, 0.3) is 0 Å². The van der Waals surface area contributed by atoms with E-state index in [0.29, 0.717) is 0 Å². The molecular weight excluding hydrogens is 735 g/mol. The highest BCUT2D eigenvalue weighted by molar-refractivity contribution is 6.16. The van der Waals surface area contributed by atoms with Crippen molar-refractivity contribution in [3.63, 3.8) is 0 Å². The van der Waals surface area contributed by atoms with Crippen molar-refractivity contribution in [3.05, 3.63) is 245 Å². The fourth-order valence-electron chi connectivity index (χ4n) is 10.1. The average molecular weight is 782 g/mol. The lowest BCUT2D eigenvalue weighted by Crippen LogP contribution is -2.37. The average Bonchev–Trinajstić information content (AvgIpc) is 3.32. The van der Waals surface area contributed by atoms with E-state index in [9.17, 15) is 0 Å². The van der Waals surface area contributed by atoms with Crippen LogP contribution in [-0.2, 0) is 5.41 Å². The summed E-state index contributed by atoms with van der Waals surface area (Å²) in [7, 11) is 0. The number of rotatable bonds is 6. The van der Waals surface area contributed by atoms with Crippen LogP contribution in [0.4, 0.5) is 17.1 Å². The molecule has 0 N–H and O–H groups in total. The Bertz CT molecular complexity index is 3400. The number of fused-ring (bicyclic) bond motifs is 9. The highest BCUT2D eigenvalue weighted by Gasteiger charge is 2.29. The van der Waals surface area contributed by atoms with Crippen LogP contribution in [-0.4, -0.2) is 0 Å². The molecule has 10 aromatic rings. The third kappa shape index (κ3) is 6.32. The molecule has 0 aromatic heterocycles. The third-order valence-corrected chi connectivity index (χ3v) is 13.0. The van der Waals surface area contributed by atoms with E-state index >= 15 is 0 Å². The highest BCUT2D eigenvalue weighted by Crippen LogP contribution is 2.45. The minimum Gasteiger partial charge on any atom is -0.310 e. The minimum absolute atomic E-state index is 0.0437. The summed E-state index contributed by atoms with van der Waals surface area (Å²) in [5.74, 6) is 0.180. The van der Waals surface area contributed by atoms with Crippen LogP contribution in [0.25, 0.3) is 54.2 Å². The lowest BCUT2D eigenvalue weighted by atomic mass is 9.74. The summed E-state index contributed by atoms with van der Waals surface area (Å²) in [5, 5.41) is 12.7. The molecular formula is C60H47N. The third-order valence-electron chi connectivity index (χ3n) is 13.0. The molecule has 1 aliphatic carbocycles. The van der Waals surface area contributed by atoms with Gasteiger partial charge in [0, 0.05) is 22.7 Å². The van der Waals surface area contributed by atoms with Gasteiger partial charge in [0.1, 0.15) is 0 Å². The zero-order valence-electron chi connectivity index (χ0n) is 34.9.